The minimum atomic E-state index is 0.0733. The van der Waals surface area contributed by atoms with Gasteiger partial charge in [0.1, 0.15) is 0 Å². The van der Waals surface area contributed by atoms with E-state index in [0.717, 1.165) is 18.5 Å². The predicted molar refractivity (Wildman–Crippen MR) is 81.5 cm³/mol. The minimum Gasteiger partial charge on any atom is -0.308 e. The van der Waals surface area contributed by atoms with E-state index in [2.05, 4.69) is 39.9 Å². The summed E-state index contributed by atoms with van der Waals surface area (Å²) in [7, 11) is 0. The molecule has 0 heterocycles. The monoisotopic (exact) mass is 287 g/mol. The first-order valence-corrected chi connectivity index (χ1v) is 7.04. The van der Waals surface area contributed by atoms with Crippen LogP contribution in [0.25, 0.3) is 0 Å². The van der Waals surface area contributed by atoms with Crippen molar-refractivity contribution >= 4 is 23.2 Å². The van der Waals surface area contributed by atoms with Crippen molar-refractivity contribution in [3.63, 3.8) is 0 Å². The van der Waals surface area contributed by atoms with E-state index >= 15 is 0 Å². The Balaban J connectivity index is 2.67. The lowest BCUT2D eigenvalue weighted by Gasteiger charge is -2.33. The Morgan fingerprint density at radius 3 is 2.22 bits per heavy atom. The van der Waals surface area contributed by atoms with Crippen molar-refractivity contribution < 1.29 is 0 Å². The molecule has 0 aliphatic heterocycles. The van der Waals surface area contributed by atoms with E-state index in [4.69, 9.17) is 23.2 Å². The zero-order valence-electron chi connectivity index (χ0n) is 11.9. The Morgan fingerprint density at radius 2 is 1.67 bits per heavy atom. The lowest BCUT2D eigenvalue weighted by atomic mass is 9.82. The van der Waals surface area contributed by atoms with E-state index in [1.165, 1.54) is 0 Å². The molecule has 3 heteroatoms. The van der Waals surface area contributed by atoms with Crippen LogP contribution >= 0.6 is 23.2 Å². The van der Waals surface area contributed by atoms with Crippen LogP contribution in [0.3, 0.4) is 0 Å². The second-order valence-electron chi connectivity index (χ2n) is 6.69. The zero-order valence-corrected chi connectivity index (χ0v) is 13.4. The highest BCUT2D eigenvalue weighted by Gasteiger charge is 2.24. The quantitative estimate of drug-likeness (QED) is 0.793. The van der Waals surface area contributed by atoms with Crippen LogP contribution in [0.4, 0.5) is 0 Å². The van der Waals surface area contributed by atoms with Gasteiger partial charge in [-0.15, -0.1) is 0 Å². The van der Waals surface area contributed by atoms with Gasteiger partial charge in [0.15, 0.2) is 0 Å². The molecule has 0 fully saturated rings. The zero-order chi connectivity index (χ0) is 14.0. The summed E-state index contributed by atoms with van der Waals surface area (Å²) in [5.74, 6) is 0. The van der Waals surface area contributed by atoms with E-state index in [0.29, 0.717) is 15.5 Å². The van der Waals surface area contributed by atoms with E-state index in [1.807, 2.05) is 18.2 Å². The molecule has 102 valence electrons. The van der Waals surface area contributed by atoms with Crippen LogP contribution in [0.15, 0.2) is 18.2 Å². The first-order chi connectivity index (χ1) is 8.11. The van der Waals surface area contributed by atoms with E-state index in [9.17, 15) is 0 Å². The van der Waals surface area contributed by atoms with Gasteiger partial charge in [0.05, 0.1) is 10.0 Å². The molecule has 0 aliphatic carbocycles. The van der Waals surface area contributed by atoms with Gasteiger partial charge >= 0.3 is 0 Å². The van der Waals surface area contributed by atoms with Gasteiger partial charge in [-0.25, -0.2) is 0 Å². The third-order valence-corrected chi connectivity index (χ3v) is 3.62. The summed E-state index contributed by atoms with van der Waals surface area (Å²) in [6, 6.07) is 5.75. The third kappa shape index (κ3) is 5.17. The first-order valence-electron chi connectivity index (χ1n) is 6.29. The molecule has 0 aliphatic rings. The van der Waals surface area contributed by atoms with Gasteiger partial charge in [-0.1, -0.05) is 56.1 Å². The van der Waals surface area contributed by atoms with Gasteiger partial charge in [0.25, 0.3) is 0 Å². The van der Waals surface area contributed by atoms with Gasteiger partial charge in [-0.05, 0) is 37.3 Å². The summed E-state index contributed by atoms with van der Waals surface area (Å²) in [6.45, 7) is 11.9. The van der Waals surface area contributed by atoms with E-state index < -0.39 is 0 Å². The molecule has 0 radical (unpaired) electrons. The Kier molecular flexibility index (Phi) is 5.11. The fourth-order valence-corrected chi connectivity index (χ4v) is 2.79. The van der Waals surface area contributed by atoms with Gasteiger partial charge in [-0.2, -0.15) is 0 Å². The molecule has 18 heavy (non-hydrogen) atoms. The molecule has 0 saturated carbocycles. The van der Waals surface area contributed by atoms with Gasteiger partial charge in [0.2, 0.25) is 0 Å². The fraction of sp³-hybridized carbons (Fsp3) is 0.600. The first kappa shape index (κ1) is 15.8. The van der Waals surface area contributed by atoms with Crippen LogP contribution in [-0.2, 0) is 6.54 Å². The smallest absolute Gasteiger partial charge is 0.0637 e. The molecule has 0 amide bonds. The maximum Gasteiger partial charge on any atom is 0.0637 e. The lowest BCUT2D eigenvalue weighted by molar-refractivity contribution is 0.241. The van der Waals surface area contributed by atoms with Crippen LogP contribution in [0.1, 0.15) is 46.6 Å². The van der Waals surface area contributed by atoms with Gasteiger partial charge < -0.3 is 5.32 Å². The van der Waals surface area contributed by atoms with Crippen molar-refractivity contribution in [3.05, 3.63) is 33.8 Å². The van der Waals surface area contributed by atoms with Crippen molar-refractivity contribution in [1.29, 1.82) is 0 Å². The van der Waals surface area contributed by atoms with Crippen molar-refractivity contribution in [2.45, 2.75) is 53.1 Å². The highest BCUT2D eigenvalue weighted by molar-refractivity contribution is 6.42. The highest BCUT2D eigenvalue weighted by Crippen LogP contribution is 2.29. The molecular weight excluding hydrogens is 265 g/mol. The highest BCUT2D eigenvalue weighted by atomic mass is 35.5. The van der Waals surface area contributed by atoms with Crippen LogP contribution in [0.2, 0.25) is 10.0 Å². The third-order valence-electron chi connectivity index (χ3n) is 2.76. The number of benzene rings is 1. The molecule has 0 unspecified atom stereocenters. The minimum absolute atomic E-state index is 0.0733. The largest absolute Gasteiger partial charge is 0.308 e. The average Bonchev–Trinajstić information content (AvgIpc) is 2.17. The molecular formula is C15H23Cl2N. The van der Waals surface area contributed by atoms with Crippen LogP contribution < -0.4 is 5.32 Å². The maximum atomic E-state index is 6.18. The molecule has 1 aromatic rings. The van der Waals surface area contributed by atoms with E-state index in [1.54, 1.807) is 0 Å². The van der Waals surface area contributed by atoms with Crippen molar-refractivity contribution in [2.75, 3.05) is 0 Å². The molecule has 1 nitrogen and oxygen atoms in total. The summed E-state index contributed by atoms with van der Waals surface area (Å²) in [6.07, 6.45) is 1.10. The number of hydrogen-bond acceptors (Lipinski definition) is 1. The van der Waals surface area contributed by atoms with E-state index in [-0.39, 0.29) is 5.54 Å². The Bertz CT molecular complexity index is 405. The topological polar surface area (TPSA) is 12.0 Å². The maximum absolute atomic E-state index is 6.18. The molecule has 0 aromatic heterocycles. The summed E-state index contributed by atoms with van der Waals surface area (Å²) < 4.78 is 0. The van der Waals surface area contributed by atoms with Crippen LogP contribution in [0, 0.1) is 5.41 Å². The average molecular weight is 288 g/mol. The van der Waals surface area contributed by atoms with Gasteiger partial charge in [-0.3, -0.25) is 0 Å². The molecule has 1 rings (SSSR count). The predicted octanol–water partition coefficient (Wildman–Crippen LogP) is 5.30. The summed E-state index contributed by atoms with van der Waals surface area (Å²) in [5.41, 5.74) is 1.42. The second kappa shape index (κ2) is 5.81. The van der Waals surface area contributed by atoms with Gasteiger partial charge in [0, 0.05) is 12.1 Å². The molecule has 1 aromatic carbocycles. The Labute approximate surface area is 121 Å². The number of rotatable bonds is 4. The fourth-order valence-electron chi connectivity index (χ4n) is 2.41. The van der Waals surface area contributed by atoms with Crippen molar-refractivity contribution in [3.8, 4) is 0 Å². The SMILES string of the molecule is CC(C)(C)CC(C)(C)NCc1cccc(Cl)c1Cl. The molecule has 0 atom stereocenters. The number of nitrogens with one attached hydrogen (secondary N) is 1. The summed E-state index contributed by atoms with van der Waals surface area (Å²) in [4.78, 5) is 0. The van der Waals surface area contributed by atoms with Crippen LogP contribution in [0.5, 0.6) is 0 Å². The Morgan fingerprint density at radius 1 is 1.06 bits per heavy atom. The molecule has 0 bridgehead atoms. The summed E-state index contributed by atoms with van der Waals surface area (Å²) >= 11 is 12.2. The second-order valence-corrected chi connectivity index (χ2v) is 7.47. The normalized spacial score (nSPS) is 12.8. The number of halogens is 2. The summed E-state index contributed by atoms with van der Waals surface area (Å²) in [5, 5.41) is 4.82. The van der Waals surface area contributed by atoms with Crippen molar-refractivity contribution in [1.82, 2.24) is 5.32 Å². The van der Waals surface area contributed by atoms with Crippen LogP contribution in [-0.4, -0.2) is 5.54 Å². The molecule has 1 N–H and O–H groups in total. The number of hydrogen-bond donors (Lipinski definition) is 1. The molecule has 0 spiro atoms. The van der Waals surface area contributed by atoms with Crippen molar-refractivity contribution in [2.24, 2.45) is 5.41 Å². The Hall–Kier alpha value is -0.240. The molecule has 0 saturated heterocycles. The lowest BCUT2D eigenvalue weighted by Crippen LogP contribution is -2.41. The standard InChI is InChI=1S/C15H23Cl2N/c1-14(2,3)10-15(4,5)18-9-11-7-6-8-12(16)13(11)17/h6-8,18H,9-10H2,1-5H3.